The predicted octanol–water partition coefficient (Wildman–Crippen LogP) is 4.42. The molecule has 0 unspecified atom stereocenters. The van der Waals surface area contributed by atoms with Crippen LogP contribution >= 0.6 is 0 Å². The Hall–Kier alpha value is -4.36. The van der Waals surface area contributed by atoms with E-state index in [4.69, 9.17) is 29.8 Å². The Balaban J connectivity index is 1.46. The number of nitrogens with two attached hydrogens (primary N) is 1. The van der Waals surface area contributed by atoms with Crippen LogP contribution < -0.4 is 16.0 Å². The molecule has 3 aromatic rings. The summed E-state index contributed by atoms with van der Waals surface area (Å²) in [5.41, 5.74) is 10.2. The molecule has 3 rings (SSSR count). The van der Waals surface area contributed by atoms with E-state index in [1.54, 1.807) is 18.2 Å². The molecule has 0 aliphatic heterocycles. The summed E-state index contributed by atoms with van der Waals surface area (Å²) in [5.74, 6) is -1.69. The van der Waals surface area contributed by atoms with Crippen molar-refractivity contribution in [2.45, 2.75) is 33.1 Å². The number of hydrogen-bond donors (Lipinski definition) is 3. The minimum atomic E-state index is -0.884. The van der Waals surface area contributed by atoms with Gasteiger partial charge in [0.2, 0.25) is 5.91 Å². The topological polar surface area (TPSA) is 163 Å². The van der Waals surface area contributed by atoms with Crippen molar-refractivity contribution >= 4 is 29.2 Å². The third-order valence-corrected chi connectivity index (χ3v) is 7.22. The number of rotatable bonds is 23. The number of pyridine rings is 1. The summed E-state index contributed by atoms with van der Waals surface area (Å²) < 4.78 is 21.7. The van der Waals surface area contributed by atoms with E-state index in [2.05, 4.69) is 29.0 Å². The van der Waals surface area contributed by atoms with Crippen molar-refractivity contribution in [2.24, 2.45) is 5.73 Å². The molecule has 0 aliphatic carbocycles. The van der Waals surface area contributed by atoms with Crippen molar-refractivity contribution < 1.29 is 38.4 Å². The molecule has 12 heteroatoms. The van der Waals surface area contributed by atoms with E-state index in [9.17, 15) is 14.4 Å². The number of benzene rings is 2. The Morgan fingerprint density at radius 3 is 2.11 bits per heavy atom. The Labute approximate surface area is 276 Å². The van der Waals surface area contributed by atoms with Crippen LogP contribution in [-0.4, -0.2) is 93.8 Å². The van der Waals surface area contributed by atoms with Crippen molar-refractivity contribution in [3.63, 3.8) is 0 Å². The van der Waals surface area contributed by atoms with E-state index in [1.165, 1.54) is 6.20 Å². The van der Waals surface area contributed by atoms with Gasteiger partial charge in [0.15, 0.2) is 0 Å². The number of carboxylic acid groups (broad SMARTS) is 1. The third kappa shape index (κ3) is 13.1. The van der Waals surface area contributed by atoms with Gasteiger partial charge in [-0.3, -0.25) is 19.4 Å². The first kappa shape index (κ1) is 37.1. The molecule has 0 spiro atoms. The molecule has 1 aromatic heterocycles. The highest BCUT2D eigenvalue weighted by Gasteiger charge is 2.16. The molecular weight excluding hydrogens is 604 g/mol. The minimum absolute atomic E-state index is 0.0163. The summed E-state index contributed by atoms with van der Waals surface area (Å²) in [6, 6.07) is 16.5. The summed E-state index contributed by atoms with van der Waals surface area (Å²) >= 11 is 0. The highest BCUT2D eigenvalue weighted by molar-refractivity contribution is 6.06. The van der Waals surface area contributed by atoms with E-state index in [0.29, 0.717) is 74.3 Å². The van der Waals surface area contributed by atoms with E-state index in [-0.39, 0.29) is 18.9 Å². The minimum Gasteiger partial charge on any atom is -0.481 e. The number of nitrogens with zero attached hydrogens (tertiary/aromatic N) is 2. The molecule has 2 aromatic carbocycles. The van der Waals surface area contributed by atoms with Crippen molar-refractivity contribution in [2.75, 3.05) is 76.2 Å². The van der Waals surface area contributed by atoms with Crippen LogP contribution in [0.1, 0.15) is 53.0 Å². The molecule has 0 radical (unpaired) electrons. The van der Waals surface area contributed by atoms with Crippen molar-refractivity contribution in [3.8, 4) is 11.3 Å². The van der Waals surface area contributed by atoms with E-state index >= 15 is 0 Å². The molecular formula is C35H46N4O8. The number of aryl methyl sites for hydroxylation is 1. The number of carbonyl (C=O) groups is 3. The summed E-state index contributed by atoms with van der Waals surface area (Å²) in [7, 11) is 0. The number of ether oxygens (including phenoxy) is 4. The Bertz CT molecular complexity index is 1430. The first-order valence-electron chi connectivity index (χ1n) is 15.9. The van der Waals surface area contributed by atoms with Crippen LogP contribution in [0.15, 0.2) is 60.8 Å². The monoisotopic (exact) mass is 650 g/mol. The molecule has 0 fully saturated rings. The maximum atomic E-state index is 13.4. The number of aromatic nitrogens is 1. The fraction of sp³-hybridized carbons (Fsp3) is 0.429. The largest absolute Gasteiger partial charge is 0.481 e. The smallest absolute Gasteiger partial charge is 0.305 e. The summed E-state index contributed by atoms with van der Waals surface area (Å²) in [6.07, 6.45) is 3.06. The van der Waals surface area contributed by atoms with Crippen molar-refractivity contribution in [1.82, 2.24) is 4.98 Å². The number of hydrogen-bond acceptors (Lipinski definition) is 9. The van der Waals surface area contributed by atoms with Crippen molar-refractivity contribution in [1.29, 1.82) is 0 Å². The summed E-state index contributed by atoms with van der Waals surface area (Å²) in [5, 5.41) is 11.6. The lowest BCUT2D eigenvalue weighted by Gasteiger charge is -2.23. The van der Waals surface area contributed by atoms with Gasteiger partial charge in [-0.15, -0.1) is 0 Å². The summed E-state index contributed by atoms with van der Waals surface area (Å²) in [6.45, 7) is 9.03. The van der Waals surface area contributed by atoms with Crippen LogP contribution in [0.3, 0.4) is 0 Å². The van der Waals surface area contributed by atoms with Crippen LogP contribution in [-0.2, 0) is 30.2 Å². The number of nitrogens with one attached hydrogen (secondary N) is 1. The molecule has 0 saturated heterocycles. The maximum Gasteiger partial charge on any atom is 0.305 e. The van der Waals surface area contributed by atoms with Crippen LogP contribution in [0, 0.1) is 0 Å². The number of anilines is 2. The molecule has 1 heterocycles. The molecule has 0 bridgehead atoms. The standard InChI is InChI=1S/C35H46N4O8/c1-3-39(4-2)29-10-11-31(30(25-29)32-24-27(34(36)42)12-14-37-32)38-35(43)28-9-5-7-26(23-28)8-6-15-44-17-19-46-21-22-47-20-18-45-16-13-33(40)41/h5,7,9-12,14,23-25H,3-4,6,8,13,15-22H2,1-2H3,(H2,36,42)(H,38,43)(H,40,41). The average molecular weight is 651 g/mol. The zero-order valence-corrected chi connectivity index (χ0v) is 27.2. The fourth-order valence-corrected chi connectivity index (χ4v) is 4.73. The number of carbonyl (C=O) groups excluding carboxylic acids is 2. The van der Waals surface area contributed by atoms with Gasteiger partial charge in [0.25, 0.3) is 5.91 Å². The molecule has 4 N–H and O–H groups in total. The summed E-state index contributed by atoms with van der Waals surface area (Å²) in [4.78, 5) is 42.3. The predicted molar refractivity (Wildman–Crippen MR) is 180 cm³/mol. The molecule has 254 valence electrons. The van der Waals surface area contributed by atoms with E-state index in [1.807, 2.05) is 36.4 Å². The normalized spacial score (nSPS) is 10.9. The molecule has 0 aliphatic rings. The fourth-order valence-electron chi connectivity index (χ4n) is 4.73. The Morgan fingerprint density at radius 1 is 0.809 bits per heavy atom. The van der Waals surface area contributed by atoms with E-state index in [0.717, 1.165) is 37.2 Å². The quantitative estimate of drug-likeness (QED) is 0.125. The van der Waals surface area contributed by atoms with Crippen molar-refractivity contribution in [3.05, 3.63) is 77.5 Å². The van der Waals surface area contributed by atoms with Gasteiger partial charge >= 0.3 is 5.97 Å². The highest BCUT2D eigenvalue weighted by Crippen LogP contribution is 2.32. The van der Waals surface area contributed by atoms with Crippen LogP contribution in [0.5, 0.6) is 0 Å². The zero-order chi connectivity index (χ0) is 33.9. The second-order valence-electron chi connectivity index (χ2n) is 10.5. The number of aliphatic carboxylic acids is 1. The molecule has 2 amide bonds. The van der Waals surface area contributed by atoms with E-state index < -0.39 is 11.9 Å². The molecule has 47 heavy (non-hydrogen) atoms. The number of amides is 2. The van der Waals surface area contributed by atoms with Crippen LogP contribution in [0.4, 0.5) is 11.4 Å². The lowest BCUT2D eigenvalue weighted by Crippen LogP contribution is -2.22. The van der Waals surface area contributed by atoms with Gasteiger partial charge in [-0.05, 0) is 74.7 Å². The molecule has 0 atom stereocenters. The first-order valence-corrected chi connectivity index (χ1v) is 15.9. The van der Waals surface area contributed by atoms with Gasteiger partial charge in [-0.1, -0.05) is 12.1 Å². The Morgan fingerprint density at radius 2 is 1.47 bits per heavy atom. The third-order valence-electron chi connectivity index (χ3n) is 7.22. The number of carboxylic acids is 1. The number of primary amides is 1. The van der Waals surface area contributed by atoms with Gasteiger partial charge in [0.1, 0.15) is 0 Å². The lowest BCUT2D eigenvalue weighted by molar-refractivity contribution is -0.138. The SMILES string of the molecule is CCN(CC)c1ccc(NC(=O)c2cccc(CCCOCCOCCOCCOCCC(=O)O)c2)c(-c2cc(C(N)=O)ccn2)c1. The van der Waals surface area contributed by atoms with Crippen LogP contribution in [0.2, 0.25) is 0 Å². The second kappa shape index (κ2) is 20.7. The Kier molecular flexibility index (Phi) is 16.3. The van der Waals surface area contributed by atoms with Crippen LogP contribution in [0.25, 0.3) is 11.3 Å². The zero-order valence-electron chi connectivity index (χ0n) is 27.2. The molecule has 12 nitrogen and oxygen atoms in total. The molecule has 0 saturated carbocycles. The second-order valence-corrected chi connectivity index (χ2v) is 10.5. The maximum absolute atomic E-state index is 13.4. The van der Waals surface area contributed by atoms with Gasteiger partial charge in [0.05, 0.1) is 64.1 Å². The lowest BCUT2D eigenvalue weighted by atomic mass is 10.0. The van der Waals surface area contributed by atoms with Gasteiger partial charge in [-0.2, -0.15) is 0 Å². The highest BCUT2D eigenvalue weighted by atomic mass is 16.6. The first-order chi connectivity index (χ1) is 22.8. The van der Waals surface area contributed by atoms with Gasteiger partial charge in [-0.25, -0.2) is 0 Å². The van der Waals surface area contributed by atoms with Gasteiger partial charge in [0, 0.05) is 48.3 Å². The average Bonchev–Trinajstić information content (AvgIpc) is 3.07. The van der Waals surface area contributed by atoms with Gasteiger partial charge < -0.3 is 40.0 Å².